The minimum atomic E-state index is -5.76. The zero-order valence-electron chi connectivity index (χ0n) is 13.6. The third-order valence-electron chi connectivity index (χ3n) is 3.25. The minimum Gasteiger partial charge on any atom is -0.352 e. The van der Waals surface area contributed by atoms with Crippen LogP contribution >= 0.6 is 0 Å². The van der Waals surface area contributed by atoms with Crippen molar-refractivity contribution in [2.75, 3.05) is 19.4 Å². The van der Waals surface area contributed by atoms with Gasteiger partial charge in [-0.25, -0.2) is 12.8 Å². The quantitative estimate of drug-likeness (QED) is 0.786. The maximum absolute atomic E-state index is 13.3. The molecule has 0 unspecified atom stereocenters. The van der Waals surface area contributed by atoms with Crippen LogP contribution in [-0.2, 0) is 21.2 Å². The van der Waals surface area contributed by atoms with Gasteiger partial charge in [0.15, 0.2) is 0 Å². The van der Waals surface area contributed by atoms with Crippen LogP contribution in [0.5, 0.6) is 0 Å². The van der Waals surface area contributed by atoms with Gasteiger partial charge in [0, 0.05) is 20.3 Å². The first-order chi connectivity index (χ1) is 11.9. The van der Waals surface area contributed by atoms with Gasteiger partial charge in [-0.3, -0.25) is 9.48 Å². The molecule has 12 heteroatoms. The van der Waals surface area contributed by atoms with E-state index in [4.69, 9.17) is 0 Å². The highest BCUT2D eigenvalue weighted by atomic mass is 32.2. The zero-order chi connectivity index (χ0) is 19.7. The number of likely N-dealkylation sites (N-methyl/N-ethyl adjacent to an activating group) is 1. The topological polar surface area (TPSA) is 84.3 Å². The highest BCUT2D eigenvalue weighted by Gasteiger charge is 2.48. The Labute approximate surface area is 146 Å². The molecule has 0 fully saturated rings. The van der Waals surface area contributed by atoms with Crippen molar-refractivity contribution >= 4 is 27.1 Å². The Kier molecular flexibility index (Phi) is 5.26. The molecule has 7 nitrogen and oxygen atoms in total. The molecule has 0 radical (unpaired) electrons. The molecule has 1 N–H and O–H groups in total. The van der Waals surface area contributed by atoms with Crippen molar-refractivity contribution in [3.05, 3.63) is 36.4 Å². The largest absolute Gasteiger partial charge is 0.501 e. The molecule has 2 rings (SSSR count). The standard InChI is InChI=1S/C14H14F4N4O3S/c1-21(2)13(23)8-22-7-10(6-19-22)20-11-4-3-9(15)5-12(11)26(24,25)14(16,17)18/h3-7,20H,8H2,1-2H3. The van der Waals surface area contributed by atoms with Crippen LogP contribution in [-0.4, -0.2) is 48.6 Å². The summed E-state index contributed by atoms with van der Waals surface area (Å²) in [5.41, 5.74) is -5.93. The summed E-state index contributed by atoms with van der Waals surface area (Å²) in [6.07, 6.45) is 2.49. The molecule has 0 saturated carbocycles. The second-order valence-corrected chi connectivity index (χ2v) is 7.34. The summed E-state index contributed by atoms with van der Waals surface area (Å²) in [7, 11) is -2.68. The average Bonchev–Trinajstić information content (AvgIpc) is 2.94. The van der Waals surface area contributed by atoms with E-state index < -0.39 is 31.7 Å². The van der Waals surface area contributed by atoms with Crippen LogP contribution in [0.4, 0.5) is 28.9 Å². The number of carbonyl (C=O) groups is 1. The van der Waals surface area contributed by atoms with E-state index in [0.717, 1.165) is 12.1 Å². The van der Waals surface area contributed by atoms with Gasteiger partial charge in [-0.15, -0.1) is 0 Å². The number of alkyl halides is 3. The second kappa shape index (κ2) is 6.94. The predicted octanol–water partition coefficient (Wildman–Crippen LogP) is 2.15. The van der Waals surface area contributed by atoms with Crippen LogP contribution in [0.3, 0.4) is 0 Å². The molecule has 0 atom stereocenters. The Bertz CT molecular complexity index is 923. The molecule has 2 aromatic rings. The van der Waals surface area contributed by atoms with E-state index in [1.165, 1.54) is 36.1 Å². The average molecular weight is 394 g/mol. The molecule has 142 valence electrons. The lowest BCUT2D eigenvalue weighted by atomic mass is 10.3. The third-order valence-corrected chi connectivity index (χ3v) is 4.77. The van der Waals surface area contributed by atoms with Gasteiger partial charge in [0.05, 0.1) is 17.6 Å². The summed E-state index contributed by atoms with van der Waals surface area (Å²) in [6.45, 7) is -0.119. The Hall–Kier alpha value is -2.63. The van der Waals surface area contributed by atoms with Crippen molar-refractivity contribution < 1.29 is 30.8 Å². The first-order valence-electron chi connectivity index (χ1n) is 7.02. The Morgan fingerprint density at radius 1 is 1.31 bits per heavy atom. The van der Waals surface area contributed by atoms with Crippen LogP contribution in [0.1, 0.15) is 0 Å². The summed E-state index contributed by atoms with van der Waals surface area (Å²) in [5.74, 6) is -1.41. The van der Waals surface area contributed by atoms with Gasteiger partial charge < -0.3 is 10.2 Å². The lowest BCUT2D eigenvalue weighted by molar-refractivity contribution is -0.129. The summed E-state index contributed by atoms with van der Waals surface area (Å²) < 4.78 is 76.2. The van der Waals surface area contributed by atoms with Crippen molar-refractivity contribution in [1.82, 2.24) is 14.7 Å². The van der Waals surface area contributed by atoms with E-state index in [-0.39, 0.29) is 24.2 Å². The lowest BCUT2D eigenvalue weighted by Gasteiger charge is -2.13. The molecule has 26 heavy (non-hydrogen) atoms. The highest BCUT2D eigenvalue weighted by Crippen LogP contribution is 2.35. The van der Waals surface area contributed by atoms with E-state index in [1.807, 2.05) is 0 Å². The number of rotatable bonds is 5. The van der Waals surface area contributed by atoms with Crippen molar-refractivity contribution in [2.24, 2.45) is 0 Å². The van der Waals surface area contributed by atoms with Crippen molar-refractivity contribution in [3.8, 4) is 0 Å². The van der Waals surface area contributed by atoms with Gasteiger partial charge >= 0.3 is 5.51 Å². The number of sulfone groups is 1. The fourth-order valence-electron chi connectivity index (χ4n) is 1.90. The van der Waals surface area contributed by atoms with E-state index in [0.29, 0.717) is 0 Å². The van der Waals surface area contributed by atoms with Crippen LogP contribution in [0.2, 0.25) is 0 Å². The molecule has 0 spiro atoms. The van der Waals surface area contributed by atoms with Gasteiger partial charge in [0.25, 0.3) is 9.84 Å². The fraction of sp³-hybridized carbons (Fsp3) is 0.286. The van der Waals surface area contributed by atoms with Gasteiger partial charge in [-0.2, -0.15) is 18.3 Å². The molecule has 0 saturated heterocycles. The number of amides is 1. The first-order valence-corrected chi connectivity index (χ1v) is 8.50. The molecular formula is C14H14F4N4O3S. The molecule has 0 aliphatic heterocycles. The number of benzene rings is 1. The summed E-state index contributed by atoms with van der Waals surface area (Å²) in [4.78, 5) is 11.7. The van der Waals surface area contributed by atoms with Crippen LogP contribution in [0.15, 0.2) is 35.5 Å². The van der Waals surface area contributed by atoms with Gasteiger partial charge in [0.2, 0.25) is 5.91 Å². The SMILES string of the molecule is CN(C)C(=O)Cn1cc(Nc2ccc(F)cc2S(=O)(=O)C(F)(F)F)cn1. The maximum atomic E-state index is 13.3. The maximum Gasteiger partial charge on any atom is 0.501 e. The van der Waals surface area contributed by atoms with E-state index in [2.05, 4.69) is 10.4 Å². The molecular weight excluding hydrogens is 380 g/mol. The molecule has 0 bridgehead atoms. The zero-order valence-corrected chi connectivity index (χ0v) is 14.4. The predicted molar refractivity (Wildman–Crippen MR) is 83.8 cm³/mol. The minimum absolute atomic E-state index is 0.119. The van der Waals surface area contributed by atoms with Gasteiger partial charge in [0.1, 0.15) is 17.3 Å². The number of halogens is 4. The number of aromatic nitrogens is 2. The first kappa shape index (κ1) is 19.7. The molecule has 1 aromatic carbocycles. The summed E-state index contributed by atoms with van der Waals surface area (Å²) >= 11 is 0. The number of nitrogens with one attached hydrogen (secondary N) is 1. The van der Waals surface area contributed by atoms with Crippen LogP contribution in [0, 0.1) is 5.82 Å². The molecule has 1 aromatic heterocycles. The second-order valence-electron chi connectivity index (χ2n) is 5.43. The normalized spacial score (nSPS) is 12.1. The number of hydrogen-bond donors (Lipinski definition) is 1. The smallest absolute Gasteiger partial charge is 0.352 e. The van der Waals surface area contributed by atoms with Crippen LogP contribution in [0.25, 0.3) is 0 Å². The molecule has 0 aliphatic rings. The number of nitrogens with zero attached hydrogens (tertiary/aromatic N) is 3. The molecule has 1 amide bonds. The van der Waals surface area contributed by atoms with Crippen LogP contribution < -0.4 is 5.32 Å². The third kappa shape index (κ3) is 4.12. The van der Waals surface area contributed by atoms with Gasteiger partial charge in [-0.1, -0.05) is 0 Å². The summed E-state index contributed by atoms with van der Waals surface area (Å²) in [6, 6.07) is 1.97. The Morgan fingerprint density at radius 3 is 2.54 bits per heavy atom. The summed E-state index contributed by atoms with van der Waals surface area (Å²) in [5, 5.41) is 6.30. The van der Waals surface area contributed by atoms with Crippen molar-refractivity contribution in [3.63, 3.8) is 0 Å². The van der Waals surface area contributed by atoms with E-state index >= 15 is 0 Å². The Balaban J connectivity index is 2.34. The highest BCUT2D eigenvalue weighted by molar-refractivity contribution is 7.92. The monoisotopic (exact) mass is 394 g/mol. The van der Waals surface area contributed by atoms with Crippen molar-refractivity contribution in [1.29, 1.82) is 0 Å². The van der Waals surface area contributed by atoms with Gasteiger partial charge in [-0.05, 0) is 18.2 Å². The van der Waals surface area contributed by atoms with E-state index in [9.17, 15) is 30.8 Å². The lowest BCUT2D eigenvalue weighted by Crippen LogP contribution is -2.26. The molecule has 1 heterocycles. The van der Waals surface area contributed by atoms with E-state index in [1.54, 1.807) is 0 Å². The number of carbonyl (C=O) groups excluding carboxylic acids is 1. The Morgan fingerprint density at radius 2 is 1.96 bits per heavy atom. The fourth-order valence-corrected chi connectivity index (χ4v) is 2.82. The molecule has 0 aliphatic carbocycles. The van der Waals surface area contributed by atoms with Crippen molar-refractivity contribution in [2.45, 2.75) is 16.9 Å². The number of hydrogen-bond acceptors (Lipinski definition) is 5. The number of anilines is 2.